The number of halogens is 1. The van der Waals surface area contributed by atoms with E-state index in [1.165, 1.54) is 19.3 Å². The summed E-state index contributed by atoms with van der Waals surface area (Å²) in [7, 11) is 0. The van der Waals surface area contributed by atoms with Crippen molar-refractivity contribution in [3.8, 4) is 6.07 Å². The van der Waals surface area contributed by atoms with Crippen LogP contribution in [-0.4, -0.2) is 11.7 Å². The summed E-state index contributed by atoms with van der Waals surface area (Å²) in [6.07, 6.45) is 4.96. The normalized spacial score (nSPS) is 17.8. The molecule has 5 heteroatoms. The van der Waals surface area contributed by atoms with Gasteiger partial charge in [0.2, 0.25) is 5.91 Å². The highest BCUT2D eigenvalue weighted by Crippen LogP contribution is 2.38. The van der Waals surface area contributed by atoms with Crippen molar-refractivity contribution in [1.82, 2.24) is 5.32 Å². The number of rotatable bonds is 7. The van der Waals surface area contributed by atoms with Crippen LogP contribution in [0.4, 0.5) is 0 Å². The summed E-state index contributed by atoms with van der Waals surface area (Å²) in [4.78, 5) is 12.1. The molecular formula is C18H21ClN2OS. The van der Waals surface area contributed by atoms with Crippen LogP contribution in [0, 0.1) is 11.3 Å². The SMILES string of the molecule is CCCCCCSC1=C(C#N)[C@H](c2ccccc2Cl)CC(=O)N1. The topological polar surface area (TPSA) is 52.9 Å². The Balaban J connectivity index is 2.19. The molecule has 0 bridgehead atoms. The Morgan fingerprint density at radius 2 is 2.13 bits per heavy atom. The van der Waals surface area contributed by atoms with Crippen molar-refractivity contribution >= 4 is 29.3 Å². The molecule has 2 rings (SSSR count). The van der Waals surface area contributed by atoms with Crippen molar-refractivity contribution in [2.45, 2.75) is 44.9 Å². The van der Waals surface area contributed by atoms with E-state index in [0.29, 0.717) is 15.6 Å². The molecule has 0 aliphatic carbocycles. The molecule has 0 radical (unpaired) electrons. The Morgan fingerprint density at radius 3 is 2.83 bits per heavy atom. The number of allylic oxidation sites excluding steroid dienone is 1. The number of benzene rings is 1. The maximum absolute atomic E-state index is 12.1. The van der Waals surface area contributed by atoms with E-state index < -0.39 is 0 Å². The Labute approximate surface area is 147 Å². The number of hydrogen-bond acceptors (Lipinski definition) is 3. The fourth-order valence-corrected chi connectivity index (χ4v) is 4.01. The molecule has 1 atom stereocenters. The summed E-state index contributed by atoms with van der Waals surface area (Å²) in [5.74, 6) is 0.612. The summed E-state index contributed by atoms with van der Waals surface area (Å²) >= 11 is 7.84. The number of carbonyl (C=O) groups excluding carboxylic acids is 1. The maximum Gasteiger partial charge on any atom is 0.225 e. The second-order valence-electron chi connectivity index (χ2n) is 5.59. The lowest BCUT2D eigenvalue weighted by Gasteiger charge is -2.25. The molecule has 1 aromatic rings. The predicted octanol–water partition coefficient (Wildman–Crippen LogP) is 4.99. The molecular weight excluding hydrogens is 328 g/mol. The minimum absolute atomic E-state index is 0.0509. The van der Waals surface area contributed by atoms with Crippen LogP contribution < -0.4 is 5.32 Å². The first-order chi connectivity index (χ1) is 11.2. The smallest absolute Gasteiger partial charge is 0.225 e. The third kappa shape index (κ3) is 4.76. The third-order valence-corrected chi connectivity index (χ3v) is 5.33. The number of nitrogens with zero attached hydrogens (tertiary/aromatic N) is 1. The molecule has 23 heavy (non-hydrogen) atoms. The van der Waals surface area contributed by atoms with Gasteiger partial charge in [-0.2, -0.15) is 5.26 Å². The fourth-order valence-electron chi connectivity index (χ4n) is 2.66. The molecule has 3 nitrogen and oxygen atoms in total. The van der Waals surface area contributed by atoms with Gasteiger partial charge in [-0.3, -0.25) is 4.79 Å². The van der Waals surface area contributed by atoms with Crippen LogP contribution in [0.3, 0.4) is 0 Å². The van der Waals surface area contributed by atoms with Crippen molar-refractivity contribution < 1.29 is 4.79 Å². The first-order valence-corrected chi connectivity index (χ1v) is 9.35. The number of thioether (sulfide) groups is 1. The van der Waals surface area contributed by atoms with E-state index >= 15 is 0 Å². The Morgan fingerprint density at radius 1 is 1.35 bits per heavy atom. The van der Waals surface area contributed by atoms with E-state index in [4.69, 9.17) is 11.6 Å². The molecule has 0 spiro atoms. The maximum atomic E-state index is 12.1. The zero-order valence-corrected chi connectivity index (χ0v) is 14.8. The summed E-state index contributed by atoms with van der Waals surface area (Å²) in [6, 6.07) is 9.73. The highest BCUT2D eigenvalue weighted by atomic mass is 35.5. The van der Waals surface area contributed by atoms with Gasteiger partial charge in [-0.1, -0.05) is 56.0 Å². The van der Waals surface area contributed by atoms with Crippen LogP contribution in [0.5, 0.6) is 0 Å². The van der Waals surface area contributed by atoms with Gasteiger partial charge < -0.3 is 5.32 Å². The summed E-state index contributed by atoms with van der Waals surface area (Å²) in [5, 5.41) is 13.8. The average molecular weight is 349 g/mol. The summed E-state index contributed by atoms with van der Waals surface area (Å²) < 4.78 is 0. The van der Waals surface area contributed by atoms with Gasteiger partial charge >= 0.3 is 0 Å². The lowest BCUT2D eigenvalue weighted by Crippen LogP contribution is -2.31. The van der Waals surface area contributed by atoms with Crippen molar-refractivity contribution in [2.24, 2.45) is 0 Å². The minimum Gasteiger partial charge on any atom is -0.320 e. The molecule has 0 fully saturated rings. The molecule has 0 saturated heterocycles. The lowest BCUT2D eigenvalue weighted by atomic mass is 9.87. The molecule has 122 valence electrons. The third-order valence-electron chi connectivity index (χ3n) is 3.88. The van der Waals surface area contributed by atoms with Crippen molar-refractivity contribution in [3.05, 3.63) is 45.5 Å². The monoisotopic (exact) mass is 348 g/mol. The van der Waals surface area contributed by atoms with Crippen LogP contribution in [0.25, 0.3) is 0 Å². The van der Waals surface area contributed by atoms with Gasteiger partial charge in [-0.25, -0.2) is 0 Å². The van der Waals surface area contributed by atoms with Crippen LogP contribution in [0.1, 0.15) is 50.5 Å². The summed E-state index contributed by atoms with van der Waals surface area (Å²) in [6.45, 7) is 2.18. The van der Waals surface area contributed by atoms with Gasteiger partial charge in [0.1, 0.15) is 0 Å². The number of hydrogen-bond donors (Lipinski definition) is 1. The molecule has 0 unspecified atom stereocenters. The molecule has 1 aliphatic rings. The second-order valence-corrected chi connectivity index (χ2v) is 7.10. The minimum atomic E-state index is -0.249. The number of amides is 1. The fraction of sp³-hybridized carbons (Fsp3) is 0.444. The van der Waals surface area contributed by atoms with Gasteiger partial charge in [0.05, 0.1) is 16.7 Å². The lowest BCUT2D eigenvalue weighted by molar-refractivity contribution is -0.120. The van der Waals surface area contributed by atoms with Gasteiger partial charge in [0.15, 0.2) is 0 Å². The average Bonchev–Trinajstić information content (AvgIpc) is 2.54. The number of carbonyl (C=O) groups is 1. The zero-order chi connectivity index (χ0) is 16.7. The number of nitrogens with one attached hydrogen (secondary N) is 1. The Hall–Kier alpha value is -1.44. The van der Waals surface area contributed by atoms with E-state index in [9.17, 15) is 10.1 Å². The van der Waals surface area contributed by atoms with E-state index in [0.717, 1.165) is 17.7 Å². The van der Waals surface area contributed by atoms with Crippen molar-refractivity contribution in [2.75, 3.05) is 5.75 Å². The molecule has 1 heterocycles. The van der Waals surface area contributed by atoms with Crippen LogP contribution in [0.15, 0.2) is 34.9 Å². The molecule has 1 aliphatic heterocycles. The van der Waals surface area contributed by atoms with Crippen molar-refractivity contribution in [3.63, 3.8) is 0 Å². The van der Waals surface area contributed by atoms with Crippen molar-refractivity contribution in [1.29, 1.82) is 5.26 Å². The Kier molecular flexibility index (Phi) is 7.01. The molecule has 1 aromatic carbocycles. The largest absolute Gasteiger partial charge is 0.320 e. The first-order valence-electron chi connectivity index (χ1n) is 7.98. The molecule has 0 saturated carbocycles. The second kappa shape index (κ2) is 9.00. The first kappa shape index (κ1) is 17.9. The predicted molar refractivity (Wildman–Crippen MR) is 96.2 cm³/mol. The number of nitriles is 1. The van der Waals surface area contributed by atoms with Gasteiger partial charge in [-0.05, 0) is 23.8 Å². The standard InChI is InChI=1S/C18H21ClN2OS/c1-2-3-4-7-10-23-18-15(12-20)14(11-17(22)21-18)13-8-5-6-9-16(13)19/h5-6,8-9,14H,2-4,7,10-11H2,1H3,(H,21,22)/t14-/m0/s1. The highest BCUT2D eigenvalue weighted by molar-refractivity contribution is 8.03. The van der Waals surface area contributed by atoms with E-state index in [2.05, 4.69) is 18.3 Å². The zero-order valence-electron chi connectivity index (χ0n) is 13.3. The number of unbranched alkanes of at least 4 members (excludes halogenated alkanes) is 3. The molecule has 0 aromatic heterocycles. The Bertz CT molecular complexity index is 636. The van der Waals surface area contributed by atoms with Gasteiger partial charge in [0, 0.05) is 17.4 Å². The van der Waals surface area contributed by atoms with Crippen LogP contribution >= 0.6 is 23.4 Å². The van der Waals surface area contributed by atoms with Gasteiger partial charge in [0.25, 0.3) is 0 Å². The summed E-state index contributed by atoms with van der Waals surface area (Å²) in [5.41, 5.74) is 1.47. The molecule has 1 amide bonds. The van der Waals surface area contributed by atoms with E-state index in [1.54, 1.807) is 17.8 Å². The molecule has 1 N–H and O–H groups in total. The van der Waals surface area contributed by atoms with Crippen LogP contribution in [-0.2, 0) is 4.79 Å². The van der Waals surface area contributed by atoms with Gasteiger partial charge in [-0.15, -0.1) is 11.8 Å². The highest BCUT2D eigenvalue weighted by Gasteiger charge is 2.30. The quantitative estimate of drug-likeness (QED) is 0.706. The van der Waals surface area contributed by atoms with Crippen LogP contribution in [0.2, 0.25) is 5.02 Å². The van der Waals surface area contributed by atoms with E-state index in [1.807, 2.05) is 18.2 Å². The van der Waals surface area contributed by atoms with E-state index in [-0.39, 0.29) is 18.2 Å².